The van der Waals surface area contributed by atoms with E-state index in [4.69, 9.17) is 15.5 Å². The molecule has 0 saturated carbocycles. The highest BCUT2D eigenvalue weighted by molar-refractivity contribution is 5.24. The maximum Gasteiger partial charge on any atom is 0.158 e. The van der Waals surface area contributed by atoms with E-state index in [0.717, 1.165) is 62.6 Å². The molecule has 2 N–H and O–H groups in total. The van der Waals surface area contributed by atoms with Crippen molar-refractivity contribution in [3.05, 3.63) is 23.3 Å². The zero-order valence-electron chi connectivity index (χ0n) is 12.2. The van der Waals surface area contributed by atoms with Crippen LogP contribution in [0.2, 0.25) is 0 Å². The topological polar surface area (TPSA) is 64.3 Å². The predicted octanol–water partition coefficient (Wildman–Crippen LogP) is 1.60. The zero-order valence-corrected chi connectivity index (χ0v) is 12.2. The van der Waals surface area contributed by atoms with Gasteiger partial charge < -0.3 is 10.5 Å². The van der Waals surface area contributed by atoms with E-state index in [1.807, 2.05) is 6.20 Å². The van der Waals surface area contributed by atoms with Gasteiger partial charge in [-0.3, -0.25) is 4.90 Å². The van der Waals surface area contributed by atoms with Gasteiger partial charge in [0.15, 0.2) is 5.82 Å². The summed E-state index contributed by atoms with van der Waals surface area (Å²) < 4.78 is 5.86. The number of nitrogens with two attached hydrogens (primary N) is 1. The molecule has 1 saturated heterocycles. The zero-order chi connectivity index (χ0) is 13.9. The normalized spacial score (nSPS) is 27.3. The summed E-state index contributed by atoms with van der Waals surface area (Å²) >= 11 is 0. The first-order chi connectivity index (χ1) is 9.78. The lowest BCUT2D eigenvalue weighted by Gasteiger charge is -2.32. The van der Waals surface area contributed by atoms with Crippen molar-refractivity contribution in [3.63, 3.8) is 0 Å². The van der Waals surface area contributed by atoms with Gasteiger partial charge >= 0.3 is 0 Å². The average molecular weight is 276 g/mol. The smallest absolute Gasteiger partial charge is 0.158 e. The number of hydrogen-bond acceptors (Lipinski definition) is 5. The van der Waals surface area contributed by atoms with Crippen LogP contribution in [-0.4, -0.2) is 41.1 Å². The molecule has 0 aromatic carbocycles. The summed E-state index contributed by atoms with van der Waals surface area (Å²) in [7, 11) is 0. The van der Waals surface area contributed by atoms with Gasteiger partial charge in [-0.25, -0.2) is 9.97 Å². The van der Waals surface area contributed by atoms with E-state index < -0.39 is 0 Å². The van der Waals surface area contributed by atoms with E-state index in [0.29, 0.717) is 0 Å². The van der Waals surface area contributed by atoms with Crippen LogP contribution in [0.25, 0.3) is 0 Å². The van der Waals surface area contributed by atoms with Crippen LogP contribution in [0.1, 0.15) is 55.4 Å². The molecule has 1 fully saturated rings. The molecule has 110 valence electrons. The van der Waals surface area contributed by atoms with Gasteiger partial charge in [0.05, 0.1) is 6.61 Å². The Morgan fingerprint density at radius 2 is 2.40 bits per heavy atom. The van der Waals surface area contributed by atoms with Crippen molar-refractivity contribution in [2.75, 3.05) is 26.2 Å². The summed E-state index contributed by atoms with van der Waals surface area (Å²) in [5.74, 6) is 0.832. The Morgan fingerprint density at radius 3 is 3.25 bits per heavy atom. The van der Waals surface area contributed by atoms with Crippen molar-refractivity contribution in [2.45, 2.75) is 44.8 Å². The fraction of sp³-hybridized carbons (Fsp3) is 0.733. The molecule has 20 heavy (non-hydrogen) atoms. The fourth-order valence-corrected chi connectivity index (χ4v) is 3.13. The van der Waals surface area contributed by atoms with Gasteiger partial charge in [0.1, 0.15) is 6.10 Å². The van der Waals surface area contributed by atoms with Gasteiger partial charge in [-0.2, -0.15) is 0 Å². The number of ether oxygens (including phenoxy) is 1. The third kappa shape index (κ3) is 2.85. The van der Waals surface area contributed by atoms with Crippen LogP contribution < -0.4 is 5.73 Å². The minimum absolute atomic E-state index is 0.0127. The van der Waals surface area contributed by atoms with Crippen LogP contribution in [0.5, 0.6) is 0 Å². The molecular formula is C15H24N4O. The first-order valence-corrected chi connectivity index (χ1v) is 7.73. The molecule has 5 heteroatoms. The van der Waals surface area contributed by atoms with E-state index in [1.54, 1.807) is 0 Å². The molecule has 2 aliphatic rings. The molecule has 2 unspecified atom stereocenters. The lowest BCUT2D eigenvalue weighted by Crippen LogP contribution is -2.39. The minimum Gasteiger partial charge on any atom is -0.368 e. The highest BCUT2D eigenvalue weighted by Crippen LogP contribution is 2.28. The second-order valence-corrected chi connectivity index (χ2v) is 5.79. The average Bonchev–Trinajstić information content (AvgIpc) is 2.48. The molecule has 0 bridgehead atoms. The van der Waals surface area contributed by atoms with E-state index in [-0.39, 0.29) is 12.1 Å². The monoisotopic (exact) mass is 276 g/mol. The van der Waals surface area contributed by atoms with E-state index >= 15 is 0 Å². The Kier molecular flexibility index (Phi) is 4.29. The van der Waals surface area contributed by atoms with Gasteiger partial charge in [0, 0.05) is 36.6 Å². The van der Waals surface area contributed by atoms with Crippen LogP contribution in [0.3, 0.4) is 0 Å². The predicted molar refractivity (Wildman–Crippen MR) is 77.3 cm³/mol. The van der Waals surface area contributed by atoms with Crippen molar-refractivity contribution >= 4 is 0 Å². The van der Waals surface area contributed by atoms with Crippen molar-refractivity contribution in [3.8, 4) is 0 Å². The van der Waals surface area contributed by atoms with Crippen molar-refractivity contribution in [1.82, 2.24) is 14.9 Å². The first-order valence-electron chi connectivity index (χ1n) is 7.73. The standard InChI is InChI=1S/C15H24N4O/c1-2-6-19-7-8-20-14(10-19)15-17-9-11-12(16)4-3-5-13(11)18-15/h9,12,14H,2-8,10,16H2,1H3. The minimum atomic E-state index is 0.0127. The maximum absolute atomic E-state index is 6.12. The largest absolute Gasteiger partial charge is 0.368 e. The van der Waals surface area contributed by atoms with Crippen LogP contribution in [0.4, 0.5) is 0 Å². The van der Waals surface area contributed by atoms with Crippen LogP contribution in [0, 0.1) is 0 Å². The molecular weight excluding hydrogens is 252 g/mol. The number of aromatic nitrogens is 2. The fourth-order valence-electron chi connectivity index (χ4n) is 3.13. The van der Waals surface area contributed by atoms with Crippen LogP contribution >= 0.6 is 0 Å². The number of hydrogen-bond donors (Lipinski definition) is 1. The van der Waals surface area contributed by atoms with Crippen molar-refractivity contribution in [1.29, 1.82) is 0 Å². The molecule has 2 atom stereocenters. The molecule has 2 heterocycles. The van der Waals surface area contributed by atoms with Gasteiger partial charge in [-0.1, -0.05) is 6.92 Å². The Labute approximate surface area is 120 Å². The quantitative estimate of drug-likeness (QED) is 0.908. The molecule has 3 rings (SSSR count). The molecule has 1 aliphatic carbocycles. The molecule has 1 aromatic heterocycles. The maximum atomic E-state index is 6.12. The summed E-state index contributed by atoms with van der Waals surface area (Å²) in [5, 5.41) is 0. The highest BCUT2D eigenvalue weighted by atomic mass is 16.5. The first kappa shape index (κ1) is 13.9. The second kappa shape index (κ2) is 6.16. The third-order valence-electron chi connectivity index (χ3n) is 4.23. The van der Waals surface area contributed by atoms with Crippen molar-refractivity contribution < 1.29 is 4.74 Å². The number of fused-ring (bicyclic) bond motifs is 1. The van der Waals surface area contributed by atoms with E-state index in [2.05, 4.69) is 16.8 Å². The van der Waals surface area contributed by atoms with Gasteiger partial charge in [0.2, 0.25) is 0 Å². The van der Waals surface area contributed by atoms with E-state index in [1.165, 1.54) is 6.42 Å². The lowest BCUT2D eigenvalue weighted by atomic mass is 9.93. The number of aryl methyl sites for hydroxylation is 1. The second-order valence-electron chi connectivity index (χ2n) is 5.79. The summed E-state index contributed by atoms with van der Waals surface area (Å²) in [4.78, 5) is 11.7. The van der Waals surface area contributed by atoms with Gasteiger partial charge in [-0.15, -0.1) is 0 Å². The lowest BCUT2D eigenvalue weighted by molar-refractivity contribution is -0.0343. The SMILES string of the molecule is CCCN1CCOC(c2ncc3c(n2)CCCC3N)C1. The summed E-state index contributed by atoms with van der Waals surface area (Å²) in [6.45, 7) is 6.01. The van der Waals surface area contributed by atoms with Crippen molar-refractivity contribution in [2.24, 2.45) is 5.73 Å². The number of rotatable bonds is 3. The molecule has 5 nitrogen and oxygen atoms in total. The van der Waals surface area contributed by atoms with E-state index in [9.17, 15) is 0 Å². The van der Waals surface area contributed by atoms with Gasteiger partial charge in [-0.05, 0) is 32.2 Å². The van der Waals surface area contributed by atoms with Gasteiger partial charge in [0.25, 0.3) is 0 Å². The molecule has 1 aliphatic heterocycles. The summed E-state index contributed by atoms with van der Waals surface area (Å²) in [6.07, 6.45) is 6.29. The number of nitrogens with zero attached hydrogens (tertiary/aromatic N) is 3. The number of morpholine rings is 1. The Morgan fingerprint density at radius 1 is 1.50 bits per heavy atom. The Balaban J connectivity index is 1.77. The summed E-state index contributed by atoms with van der Waals surface area (Å²) in [6, 6.07) is 0.108. The Hall–Kier alpha value is -1.04. The molecule has 0 spiro atoms. The molecule has 0 radical (unpaired) electrons. The molecule has 1 aromatic rings. The highest BCUT2D eigenvalue weighted by Gasteiger charge is 2.26. The summed E-state index contributed by atoms with van der Waals surface area (Å²) in [5.41, 5.74) is 8.37. The Bertz CT molecular complexity index is 463. The molecule has 0 amide bonds. The van der Waals surface area contributed by atoms with Crippen LogP contribution in [-0.2, 0) is 11.2 Å². The van der Waals surface area contributed by atoms with Crippen LogP contribution in [0.15, 0.2) is 6.20 Å². The third-order valence-corrected chi connectivity index (χ3v) is 4.23.